The Morgan fingerprint density at radius 3 is 2.63 bits per heavy atom. The monoisotopic (exact) mass is 373 g/mol. The second kappa shape index (κ2) is 7.60. The van der Waals surface area contributed by atoms with Gasteiger partial charge in [-0.3, -0.25) is 14.9 Å². The summed E-state index contributed by atoms with van der Waals surface area (Å²) in [6.07, 6.45) is 1.25. The number of nitrogens with zero attached hydrogens (tertiary/aromatic N) is 2. The number of nitrogens with one attached hydrogen (secondary N) is 1. The lowest BCUT2D eigenvalue weighted by Gasteiger charge is -2.08. The molecule has 1 amide bonds. The van der Waals surface area contributed by atoms with Gasteiger partial charge in [-0.15, -0.1) is 0 Å². The number of nitro benzene ring substituents is 1. The number of methoxy groups -OCH3 is 2. The lowest BCUT2D eigenvalue weighted by atomic mass is 10.1. The van der Waals surface area contributed by atoms with Gasteiger partial charge in [0.1, 0.15) is 5.75 Å². The van der Waals surface area contributed by atoms with E-state index in [0.29, 0.717) is 28.4 Å². The van der Waals surface area contributed by atoms with E-state index in [1.54, 1.807) is 12.1 Å². The molecule has 0 saturated heterocycles. The standard InChI is InChI=1S/C17H15N3O7/c1-24-14-7-15(25-2)12(20(22)23)5-11(14)8-18-19-17(21)10-3-4-13-16(6-10)27-9-26-13/h3-8H,9H2,1-2H3,(H,19,21)/b18-8-. The summed E-state index contributed by atoms with van der Waals surface area (Å²) in [5.74, 6) is 0.910. The number of hydrazone groups is 1. The predicted octanol–water partition coefficient (Wildman–Crippen LogP) is 2.10. The smallest absolute Gasteiger partial charge is 0.311 e. The predicted molar refractivity (Wildman–Crippen MR) is 93.8 cm³/mol. The van der Waals surface area contributed by atoms with Crippen molar-refractivity contribution in [3.63, 3.8) is 0 Å². The molecular weight excluding hydrogens is 358 g/mol. The molecule has 0 aromatic heterocycles. The van der Waals surface area contributed by atoms with E-state index in [0.717, 1.165) is 0 Å². The Balaban J connectivity index is 1.78. The van der Waals surface area contributed by atoms with Gasteiger partial charge in [-0.2, -0.15) is 5.10 Å². The number of rotatable bonds is 6. The van der Waals surface area contributed by atoms with Crippen LogP contribution in [0.3, 0.4) is 0 Å². The maximum absolute atomic E-state index is 12.2. The number of hydrogen-bond donors (Lipinski definition) is 1. The quantitative estimate of drug-likeness (QED) is 0.467. The molecule has 0 saturated carbocycles. The average Bonchev–Trinajstić information content (AvgIpc) is 3.15. The van der Waals surface area contributed by atoms with Crippen LogP contribution in [0.5, 0.6) is 23.0 Å². The summed E-state index contributed by atoms with van der Waals surface area (Å²) in [6, 6.07) is 7.34. The van der Waals surface area contributed by atoms with Crippen LogP contribution in [0.25, 0.3) is 0 Å². The summed E-state index contributed by atoms with van der Waals surface area (Å²) in [4.78, 5) is 22.7. The molecule has 0 radical (unpaired) electrons. The van der Waals surface area contributed by atoms with Crippen molar-refractivity contribution in [1.29, 1.82) is 0 Å². The molecule has 10 nitrogen and oxygen atoms in total. The maximum atomic E-state index is 12.2. The summed E-state index contributed by atoms with van der Waals surface area (Å²) in [6.45, 7) is 0.106. The Labute approximate surface area is 153 Å². The number of ether oxygens (including phenoxy) is 4. The van der Waals surface area contributed by atoms with Crippen LogP contribution >= 0.6 is 0 Å². The highest BCUT2D eigenvalue weighted by atomic mass is 16.7. The SMILES string of the molecule is COc1cc(OC)c([N+](=O)[O-])cc1/C=N\NC(=O)c1ccc2c(c1)OCO2. The van der Waals surface area contributed by atoms with Gasteiger partial charge in [-0.05, 0) is 18.2 Å². The minimum atomic E-state index is -0.583. The molecule has 10 heteroatoms. The Kier molecular flexibility index (Phi) is 5.06. The molecule has 2 aromatic carbocycles. The number of nitro groups is 1. The van der Waals surface area contributed by atoms with Crippen LogP contribution in [0.4, 0.5) is 5.69 Å². The summed E-state index contributed by atoms with van der Waals surface area (Å²) in [5.41, 5.74) is 2.72. The molecule has 1 heterocycles. The first kappa shape index (κ1) is 18.0. The third-order valence-corrected chi connectivity index (χ3v) is 3.73. The number of fused-ring (bicyclic) bond motifs is 1. The molecule has 27 heavy (non-hydrogen) atoms. The summed E-state index contributed by atoms with van der Waals surface area (Å²) in [5, 5.41) is 15.0. The molecule has 1 aliphatic heterocycles. The van der Waals surface area contributed by atoms with E-state index >= 15 is 0 Å². The maximum Gasteiger partial charge on any atom is 0.311 e. The van der Waals surface area contributed by atoms with Crippen LogP contribution in [-0.2, 0) is 0 Å². The molecule has 2 aromatic rings. The van der Waals surface area contributed by atoms with E-state index in [2.05, 4.69) is 10.5 Å². The van der Waals surface area contributed by atoms with Gasteiger partial charge in [0, 0.05) is 23.3 Å². The minimum Gasteiger partial charge on any atom is -0.496 e. The molecule has 0 aliphatic carbocycles. The summed E-state index contributed by atoms with van der Waals surface area (Å²) in [7, 11) is 2.73. The van der Waals surface area contributed by atoms with Crippen LogP contribution in [0.1, 0.15) is 15.9 Å². The van der Waals surface area contributed by atoms with Gasteiger partial charge < -0.3 is 18.9 Å². The Bertz CT molecular complexity index is 927. The lowest BCUT2D eigenvalue weighted by Crippen LogP contribution is -2.17. The topological polar surface area (TPSA) is 122 Å². The highest BCUT2D eigenvalue weighted by Crippen LogP contribution is 2.34. The molecular formula is C17H15N3O7. The van der Waals surface area contributed by atoms with Crippen molar-refractivity contribution in [2.24, 2.45) is 5.10 Å². The van der Waals surface area contributed by atoms with E-state index in [4.69, 9.17) is 18.9 Å². The molecule has 0 fully saturated rings. The van der Waals surface area contributed by atoms with E-state index in [1.807, 2.05) is 0 Å². The fraction of sp³-hybridized carbons (Fsp3) is 0.176. The highest BCUT2D eigenvalue weighted by Gasteiger charge is 2.19. The van der Waals surface area contributed by atoms with Crippen molar-refractivity contribution in [2.75, 3.05) is 21.0 Å². The van der Waals surface area contributed by atoms with E-state index in [1.165, 1.54) is 38.6 Å². The van der Waals surface area contributed by atoms with Crippen LogP contribution in [-0.4, -0.2) is 38.1 Å². The van der Waals surface area contributed by atoms with Crippen LogP contribution in [0.2, 0.25) is 0 Å². The van der Waals surface area contributed by atoms with Crippen molar-refractivity contribution >= 4 is 17.8 Å². The zero-order chi connectivity index (χ0) is 19.4. The van der Waals surface area contributed by atoms with Crippen molar-refractivity contribution in [3.05, 3.63) is 51.6 Å². The van der Waals surface area contributed by atoms with Gasteiger partial charge in [-0.1, -0.05) is 0 Å². The van der Waals surface area contributed by atoms with Gasteiger partial charge >= 0.3 is 5.69 Å². The summed E-state index contributed by atoms with van der Waals surface area (Å²) >= 11 is 0. The molecule has 0 atom stereocenters. The number of carbonyl (C=O) groups excluding carboxylic acids is 1. The largest absolute Gasteiger partial charge is 0.496 e. The molecule has 1 aliphatic rings. The van der Waals surface area contributed by atoms with Crippen LogP contribution in [0, 0.1) is 10.1 Å². The van der Waals surface area contributed by atoms with Crippen molar-refractivity contribution < 1.29 is 28.7 Å². The van der Waals surface area contributed by atoms with Gasteiger partial charge in [0.05, 0.1) is 25.4 Å². The molecule has 1 N–H and O–H groups in total. The molecule has 0 unspecified atom stereocenters. The third-order valence-electron chi connectivity index (χ3n) is 3.73. The number of amides is 1. The molecule has 3 rings (SSSR count). The fourth-order valence-electron chi connectivity index (χ4n) is 2.41. The zero-order valence-corrected chi connectivity index (χ0v) is 14.4. The second-order valence-corrected chi connectivity index (χ2v) is 5.29. The fourth-order valence-corrected chi connectivity index (χ4v) is 2.41. The van der Waals surface area contributed by atoms with Gasteiger partial charge in [0.15, 0.2) is 11.5 Å². The first-order chi connectivity index (χ1) is 13.0. The number of carbonyl (C=O) groups is 1. The normalized spacial score (nSPS) is 12.1. The van der Waals surface area contributed by atoms with Crippen molar-refractivity contribution in [1.82, 2.24) is 5.43 Å². The average molecular weight is 373 g/mol. The van der Waals surface area contributed by atoms with Gasteiger partial charge in [-0.25, -0.2) is 5.43 Å². The number of benzene rings is 2. The molecule has 140 valence electrons. The Morgan fingerprint density at radius 2 is 1.93 bits per heavy atom. The minimum absolute atomic E-state index is 0.0541. The third kappa shape index (κ3) is 3.73. The number of hydrogen-bond acceptors (Lipinski definition) is 8. The van der Waals surface area contributed by atoms with Gasteiger partial charge in [0.2, 0.25) is 12.5 Å². The Morgan fingerprint density at radius 1 is 1.19 bits per heavy atom. The molecule has 0 spiro atoms. The summed E-state index contributed by atoms with van der Waals surface area (Å²) < 4.78 is 20.6. The highest BCUT2D eigenvalue weighted by molar-refractivity contribution is 5.96. The first-order valence-corrected chi connectivity index (χ1v) is 7.67. The van der Waals surface area contributed by atoms with Crippen LogP contribution < -0.4 is 24.4 Å². The van der Waals surface area contributed by atoms with E-state index in [-0.39, 0.29) is 18.2 Å². The first-order valence-electron chi connectivity index (χ1n) is 7.67. The van der Waals surface area contributed by atoms with Crippen LogP contribution in [0.15, 0.2) is 35.4 Å². The van der Waals surface area contributed by atoms with E-state index in [9.17, 15) is 14.9 Å². The van der Waals surface area contributed by atoms with Gasteiger partial charge in [0.25, 0.3) is 5.91 Å². The van der Waals surface area contributed by atoms with Crippen molar-refractivity contribution in [2.45, 2.75) is 0 Å². The Hall–Kier alpha value is -3.82. The van der Waals surface area contributed by atoms with E-state index < -0.39 is 10.8 Å². The zero-order valence-electron chi connectivity index (χ0n) is 14.4. The second-order valence-electron chi connectivity index (χ2n) is 5.29. The lowest BCUT2D eigenvalue weighted by molar-refractivity contribution is -0.385. The van der Waals surface area contributed by atoms with Crippen molar-refractivity contribution in [3.8, 4) is 23.0 Å². The molecule has 0 bridgehead atoms.